The number of aromatic nitrogens is 2. The van der Waals surface area contributed by atoms with E-state index in [0.717, 1.165) is 18.1 Å². The lowest BCUT2D eigenvalue weighted by Gasteiger charge is -2.47. The van der Waals surface area contributed by atoms with E-state index in [0.29, 0.717) is 47.8 Å². The quantitative estimate of drug-likeness (QED) is 0.316. The summed E-state index contributed by atoms with van der Waals surface area (Å²) < 4.78 is 5.39. The van der Waals surface area contributed by atoms with Gasteiger partial charge in [-0.1, -0.05) is 23.2 Å². The lowest BCUT2D eigenvalue weighted by Crippen LogP contribution is -2.56. The first kappa shape index (κ1) is 24.3. The zero-order valence-corrected chi connectivity index (χ0v) is 21.3. The summed E-state index contributed by atoms with van der Waals surface area (Å²) in [6, 6.07) is 9.30. The predicted molar refractivity (Wildman–Crippen MR) is 135 cm³/mol. The number of hydrogen-bond donors (Lipinski definition) is 2. The molecule has 0 saturated carbocycles. The number of fused-ring (bicyclic) bond motifs is 2. The van der Waals surface area contributed by atoms with Gasteiger partial charge < -0.3 is 20.1 Å². The average molecular weight is 559 g/mol. The Labute approximate surface area is 206 Å². The minimum Gasteiger partial charge on any atom is -0.357 e. The van der Waals surface area contributed by atoms with Gasteiger partial charge in [0.25, 0.3) is 0 Å². The van der Waals surface area contributed by atoms with Crippen molar-refractivity contribution in [2.45, 2.75) is 63.6 Å². The zero-order valence-electron chi connectivity index (χ0n) is 18.2. The number of halogens is 2. The third-order valence-electron chi connectivity index (χ3n) is 6.19. The summed E-state index contributed by atoms with van der Waals surface area (Å²) in [5.74, 6) is 2.05. The number of hydrogen-bond acceptors (Lipinski definition) is 5. The van der Waals surface area contributed by atoms with Crippen LogP contribution < -0.4 is 10.6 Å². The highest BCUT2D eigenvalue weighted by Gasteiger charge is 2.36. The summed E-state index contributed by atoms with van der Waals surface area (Å²) in [4.78, 5) is 11.8. The summed E-state index contributed by atoms with van der Waals surface area (Å²) >= 11 is 5.94. The minimum atomic E-state index is 0. The maximum atomic E-state index is 5.94. The van der Waals surface area contributed by atoms with Gasteiger partial charge >= 0.3 is 0 Å². The molecule has 2 N–H and O–H groups in total. The van der Waals surface area contributed by atoms with E-state index >= 15 is 0 Å². The number of rotatable bonds is 6. The molecular weight excluding hydrogens is 527 g/mol. The third kappa shape index (κ3) is 6.32. The Hall–Kier alpha value is -1.39. The molecule has 9 heteroatoms. The summed E-state index contributed by atoms with van der Waals surface area (Å²) in [5.41, 5.74) is 0.890. The van der Waals surface area contributed by atoms with Crippen molar-refractivity contribution in [2.75, 3.05) is 20.1 Å². The molecule has 2 bridgehead atoms. The maximum absolute atomic E-state index is 5.94. The van der Waals surface area contributed by atoms with Crippen molar-refractivity contribution >= 4 is 41.5 Å². The lowest BCUT2D eigenvalue weighted by molar-refractivity contribution is 0.0526. The molecule has 0 spiro atoms. The van der Waals surface area contributed by atoms with Crippen LogP contribution in [0.4, 0.5) is 0 Å². The first-order valence-corrected chi connectivity index (χ1v) is 11.4. The number of nitrogens with zero attached hydrogens (tertiary/aromatic N) is 4. The molecule has 3 heterocycles. The zero-order chi connectivity index (χ0) is 20.9. The van der Waals surface area contributed by atoms with E-state index in [1.807, 2.05) is 24.3 Å². The first-order chi connectivity index (χ1) is 14.6. The van der Waals surface area contributed by atoms with E-state index in [-0.39, 0.29) is 24.0 Å². The van der Waals surface area contributed by atoms with E-state index in [1.165, 1.54) is 32.1 Å². The van der Waals surface area contributed by atoms with Crippen LogP contribution in [0.15, 0.2) is 33.8 Å². The van der Waals surface area contributed by atoms with E-state index in [9.17, 15) is 0 Å². The Morgan fingerprint density at radius 2 is 1.94 bits per heavy atom. The van der Waals surface area contributed by atoms with Gasteiger partial charge in [-0.3, -0.25) is 4.99 Å². The second-order valence-corrected chi connectivity index (χ2v) is 8.68. The molecule has 0 aliphatic carbocycles. The molecule has 0 radical (unpaired) electrons. The van der Waals surface area contributed by atoms with Crippen LogP contribution >= 0.6 is 35.6 Å². The van der Waals surface area contributed by atoms with Crippen LogP contribution in [0.2, 0.25) is 5.02 Å². The van der Waals surface area contributed by atoms with Gasteiger partial charge in [-0.05, 0) is 63.9 Å². The molecule has 4 rings (SSSR count). The highest BCUT2D eigenvalue weighted by molar-refractivity contribution is 14.0. The van der Waals surface area contributed by atoms with Crippen LogP contribution in [0, 0.1) is 0 Å². The molecular formula is C22H32ClIN6O. The van der Waals surface area contributed by atoms with Crippen molar-refractivity contribution in [2.24, 2.45) is 4.99 Å². The van der Waals surface area contributed by atoms with Crippen molar-refractivity contribution < 1.29 is 4.52 Å². The Bertz CT molecular complexity index is 844. The normalized spacial score (nSPS) is 23.8. The van der Waals surface area contributed by atoms with Crippen molar-refractivity contribution in [3.63, 3.8) is 0 Å². The average Bonchev–Trinajstić information content (AvgIpc) is 3.18. The summed E-state index contributed by atoms with van der Waals surface area (Å²) in [6.45, 7) is 3.53. The summed E-state index contributed by atoms with van der Waals surface area (Å²) in [7, 11) is 2.28. The largest absolute Gasteiger partial charge is 0.357 e. The number of aliphatic imine (C=N–C) groups is 1. The van der Waals surface area contributed by atoms with Gasteiger partial charge in [-0.15, -0.1) is 24.0 Å². The molecule has 2 fully saturated rings. The molecule has 2 aliphatic heterocycles. The maximum Gasteiger partial charge on any atom is 0.228 e. The fourth-order valence-corrected chi connectivity index (χ4v) is 4.71. The van der Waals surface area contributed by atoms with Gasteiger partial charge in [-0.2, -0.15) is 4.98 Å². The number of nitrogens with one attached hydrogen (secondary N) is 2. The molecule has 7 nitrogen and oxygen atoms in total. The number of guanidine groups is 1. The molecule has 2 unspecified atom stereocenters. The Morgan fingerprint density at radius 3 is 2.61 bits per heavy atom. The molecule has 170 valence electrons. The van der Waals surface area contributed by atoms with E-state index in [1.54, 1.807) is 0 Å². The van der Waals surface area contributed by atoms with E-state index in [2.05, 4.69) is 39.6 Å². The Morgan fingerprint density at radius 1 is 1.23 bits per heavy atom. The smallest absolute Gasteiger partial charge is 0.228 e. The third-order valence-corrected chi connectivity index (χ3v) is 6.44. The number of piperidine rings is 2. The van der Waals surface area contributed by atoms with Gasteiger partial charge in [0.1, 0.15) is 0 Å². The summed E-state index contributed by atoms with van der Waals surface area (Å²) in [5, 5.41) is 11.8. The van der Waals surface area contributed by atoms with E-state index in [4.69, 9.17) is 21.1 Å². The Kier molecular flexibility index (Phi) is 8.97. The van der Waals surface area contributed by atoms with Crippen LogP contribution in [0.3, 0.4) is 0 Å². The van der Waals surface area contributed by atoms with Gasteiger partial charge in [-0.25, -0.2) is 0 Å². The highest BCUT2D eigenvalue weighted by Crippen LogP contribution is 2.32. The van der Waals surface area contributed by atoms with Crippen molar-refractivity contribution in [3.8, 4) is 11.4 Å². The van der Waals surface area contributed by atoms with Crippen LogP contribution in [0.25, 0.3) is 11.4 Å². The Balaban J connectivity index is 0.00000272. The molecule has 2 aromatic rings. The fourth-order valence-electron chi connectivity index (χ4n) is 4.58. The summed E-state index contributed by atoms with van der Waals surface area (Å²) in [6.07, 6.45) is 6.97. The minimum absolute atomic E-state index is 0. The molecule has 1 aromatic carbocycles. The molecule has 0 amide bonds. The fraction of sp³-hybridized carbons (Fsp3) is 0.591. The van der Waals surface area contributed by atoms with Crippen LogP contribution in [0.1, 0.15) is 44.9 Å². The molecule has 2 aliphatic rings. The second kappa shape index (κ2) is 11.5. The molecule has 2 saturated heterocycles. The van der Waals surface area contributed by atoms with Gasteiger partial charge in [0.15, 0.2) is 5.96 Å². The van der Waals surface area contributed by atoms with Crippen molar-refractivity contribution in [1.82, 2.24) is 25.7 Å². The number of benzene rings is 1. The topological polar surface area (TPSA) is 78.6 Å². The van der Waals surface area contributed by atoms with Crippen LogP contribution in [-0.2, 0) is 6.42 Å². The van der Waals surface area contributed by atoms with Crippen molar-refractivity contribution in [3.05, 3.63) is 35.2 Å². The van der Waals surface area contributed by atoms with Crippen molar-refractivity contribution in [1.29, 1.82) is 0 Å². The highest BCUT2D eigenvalue weighted by atomic mass is 127. The lowest BCUT2D eigenvalue weighted by atomic mass is 9.82. The predicted octanol–water partition coefficient (Wildman–Crippen LogP) is 4.12. The van der Waals surface area contributed by atoms with E-state index < -0.39 is 0 Å². The molecule has 31 heavy (non-hydrogen) atoms. The molecule has 2 atom stereocenters. The monoisotopic (exact) mass is 558 g/mol. The van der Waals surface area contributed by atoms with Gasteiger partial charge in [0, 0.05) is 41.7 Å². The van der Waals surface area contributed by atoms with Crippen LogP contribution in [-0.4, -0.2) is 59.3 Å². The van der Waals surface area contributed by atoms with Gasteiger partial charge in [0.2, 0.25) is 11.7 Å². The first-order valence-electron chi connectivity index (χ1n) is 11.0. The molecule has 1 aromatic heterocycles. The SMILES string of the molecule is CCNC(=NCCc1nc(-c2ccc(Cl)cc2)no1)NC1CC2CCCC(C1)N2C.I. The van der Waals surface area contributed by atoms with Crippen LogP contribution in [0.5, 0.6) is 0 Å². The van der Waals surface area contributed by atoms with Gasteiger partial charge in [0.05, 0.1) is 6.54 Å². The second-order valence-electron chi connectivity index (χ2n) is 8.25. The standard InChI is InChI=1S/C22H31ClN6O.HI/c1-3-24-22(26-17-13-18-5-4-6-19(14-17)29(18)2)25-12-11-20-27-21(28-30-20)15-7-9-16(23)10-8-15;/h7-10,17-19H,3-6,11-14H2,1-2H3,(H2,24,25,26);1H.